The van der Waals surface area contributed by atoms with Crippen LogP contribution in [0.5, 0.6) is 0 Å². The molecule has 3 aromatic rings. The molecule has 1 fully saturated rings. The number of amides is 1. The van der Waals surface area contributed by atoms with Gasteiger partial charge >= 0.3 is 0 Å². The lowest BCUT2D eigenvalue weighted by molar-refractivity contribution is 0.102. The fourth-order valence-corrected chi connectivity index (χ4v) is 4.96. The summed E-state index contributed by atoms with van der Waals surface area (Å²) < 4.78 is 26.3. The van der Waals surface area contributed by atoms with Crippen LogP contribution >= 0.6 is 0 Å². The van der Waals surface area contributed by atoms with Gasteiger partial charge in [-0.3, -0.25) is 14.4 Å². The van der Waals surface area contributed by atoms with Gasteiger partial charge in [0.25, 0.3) is 5.91 Å². The van der Waals surface area contributed by atoms with Crippen molar-refractivity contribution in [1.29, 1.82) is 0 Å². The molecule has 0 aliphatic carbocycles. The third-order valence-electron chi connectivity index (χ3n) is 4.71. The Morgan fingerprint density at radius 1 is 1.19 bits per heavy atom. The van der Waals surface area contributed by atoms with E-state index in [-0.39, 0.29) is 11.7 Å². The molecule has 0 bridgehead atoms. The van der Waals surface area contributed by atoms with Gasteiger partial charge in [0.15, 0.2) is 0 Å². The maximum Gasteiger partial charge on any atom is 0.258 e. The molecule has 1 aliphatic heterocycles. The number of fused-ring (bicyclic) bond motifs is 1. The Labute approximate surface area is 157 Å². The van der Waals surface area contributed by atoms with Crippen LogP contribution in [0.3, 0.4) is 0 Å². The summed E-state index contributed by atoms with van der Waals surface area (Å²) in [6, 6.07) is 12.6. The van der Waals surface area contributed by atoms with Crippen LogP contribution in [0.2, 0.25) is 0 Å². The van der Waals surface area contributed by atoms with Crippen LogP contribution < -0.4 is 9.62 Å². The topological polar surface area (TPSA) is 95.2 Å². The van der Waals surface area contributed by atoms with Crippen molar-refractivity contribution in [2.75, 3.05) is 21.9 Å². The third-order valence-corrected chi connectivity index (χ3v) is 6.57. The Morgan fingerprint density at radius 3 is 2.78 bits per heavy atom. The number of H-pyrrole nitrogens is 1. The molecule has 0 radical (unpaired) electrons. The molecule has 7 nitrogen and oxygen atoms in total. The predicted molar refractivity (Wildman–Crippen MR) is 106 cm³/mol. The lowest BCUT2D eigenvalue weighted by Gasteiger charge is -2.29. The molecule has 1 aromatic heterocycles. The SMILES string of the molecule is Cc1ccc(C(=O)Nc2nc3ccccc3[nH]2)cc1N1CCCCS1(=O)=O. The van der Waals surface area contributed by atoms with Crippen LogP contribution in [0.15, 0.2) is 42.5 Å². The number of nitrogens with one attached hydrogen (secondary N) is 2. The number of sulfonamides is 1. The van der Waals surface area contributed by atoms with Gasteiger partial charge in [-0.05, 0) is 49.6 Å². The van der Waals surface area contributed by atoms with Crippen molar-refractivity contribution in [2.45, 2.75) is 19.8 Å². The van der Waals surface area contributed by atoms with E-state index < -0.39 is 10.0 Å². The molecule has 27 heavy (non-hydrogen) atoms. The number of para-hydroxylation sites is 2. The summed E-state index contributed by atoms with van der Waals surface area (Å²) in [5.41, 5.74) is 3.36. The lowest BCUT2D eigenvalue weighted by atomic mass is 10.1. The van der Waals surface area contributed by atoms with Gasteiger partial charge in [-0.2, -0.15) is 0 Å². The molecule has 2 N–H and O–H groups in total. The van der Waals surface area contributed by atoms with E-state index in [0.717, 1.165) is 23.0 Å². The first kappa shape index (κ1) is 17.5. The van der Waals surface area contributed by atoms with E-state index in [2.05, 4.69) is 15.3 Å². The zero-order chi connectivity index (χ0) is 19.0. The van der Waals surface area contributed by atoms with Gasteiger partial charge in [-0.15, -0.1) is 0 Å². The molecule has 0 saturated carbocycles. The molecule has 1 saturated heterocycles. The summed E-state index contributed by atoms with van der Waals surface area (Å²) in [7, 11) is -3.33. The fourth-order valence-electron chi connectivity index (χ4n) is 3.27. The number of carbonyl (C=O) groups excluding carboxylic acids is 1. The average Bonchev–Trinajstić information content (AvgIpc) is 3.04. The molecular formula is C19H20N4O3S. The van der Waals surface area contributed by atoms with Crippen molar-refractivity contribution in [3.05, 3.63) is 53.6 Å². The first-order chi connectivity index (χ1) is 12.9. The Morgan fingerprint density at radius 2 is 2.00 bits per heavy atom. The predicted octanol–water partition coefficient (Wildman–Crippen LogP) is 3.05. The number of nitrogens with zero attached hydrogens (tertiary/aromatic N) is 2. The van der Waals surface area contributed by atoms with Crippen molar-refractivity contribution in [1.82, 2.24) is 9.97 Å². The molecule has 8 heteroatoms. The van der Waals surface area contributed by atoms with Gasteiger partial charge in [0.1, 0.15) is 0 Å². The molecule has 0 unspecified atom stereocenters. The normalized spacial score (nSPS) is 16.4. The summed E-state index contributed by atoms with van der Waals surface area (Å²) in [6.07, 6.45) is 1.48. The van der Waals surface area contributed by atoms with E-state index >= 15 is 0 Å². The van der Waals surface area contributed by atoms with Gasteiger partial charge in [0.2, 0.25) is 16.0 Å². The van der Waals surface area contributed by atoms with Crippen LogP contribution in [-0.2, 0) is 10.0 Å². The highest BCUT2D eigenvalue weighted by atomic mass is 32.2. The molecule has 1 aliphatic rings. The molecule has 1 amide bonds. The van der Waals surface area contributed by atoms with Crippen LogP contribution in [0.25, 0.3) is 11.0 Å². The molecule has 2 aromatic carbocycles. The fraction of sp³-hybridized carbons (Fsp3) is 0.263. The molecule has 4 rings (SSSR count). The summed E-state index contributed by atoms with van der Waals surface area (Å²) in [5, 5.41) is 2.74. The van der Waals surface area contributed by atoms with Crippen molar-refractivity contribution in [2.24, 2.45) is 0 Å². The highest BCUT2D eigenvalue weighted by Crippen LogP contribution is 2.28. The second-order valence-corrected chi connectivity index (χ2v) is 8.67. The average molecular weight is 384 g/mol. The Hall–Kier alpha value is -2.87. The van der Waals surface area contributed by atoms with E-state index in [1.54, 1.807) is 18.2 Å². The number of aromatic nitrogens is 2. The van der Waals surface area contributed by atoms with Gasteiger partial charge in [0, 0.05) is 12.1 Å². The number of rotatable bonds is 3. The van der Waals surface area contributed by atoms with E-state index in [4.69, 9.17) is 0 Å². The number of imidazole rings is 1. The zero-order valence-electron chi connectivity index (χ0n) is 14.9. The van der Waals surface area contributed by atoms with E-state index in [9.17, 15) is 13.2 Å². The van der Waals surface area contributed by atoms with Crippen LogP contribution in [0.1, 0.15) is 28.8 Å². The molecule has 2 heterocycles. The second kappa shape index (κ2) is 6.70. The second-order valence-electron chi connectivity index (χ2n) is 6.65. The zero-order valence-corrected chi connectivity index (χ0v) is 15.7. The minimum atomic E-state index is -3.33. The summed E-state index contributed by atoms with van der Waals surface area (Å²) in [6.45, 7) is 2.29. The molecule has 0 spiro atoms. The first-order valence-electron chi connectivity index (χ1n) is 8.81. The summed E-state index contributed by atoms with van der Waals surface area (Å²) >= 11 is 0. The largest absolute Gasteiger partial charge is 0.324 e. The number of carbonyl (C=O) groups is 1. The standard InChI is InChI=1S/C19H20N4O3S/c1-13-8-9-14(12-17(13)23-10-4-5-11-27(23,25)26)18(24)22-19-20-15-6-2-3-7-16(15)21-19/h2-3,6-9,12H,4-5,10-11H2,1H3,(H2,20,21,22,24). The smallest absolute Gasteiger partial charge is 0.258 e. The van der Waals surface area contributed by atoms with Crippen LogP contribution in [0.4, 0.5) is 11.6 Å². The Kier molecular flexibility index (Phi) is 4.35. The van der Waals surface area contributed by atoms with Crippen LogP contribution in [-0.4, -0.2) is 36.6 Å². The minimum absolute atomic E-state index is 0.141. The van der Waals surface area contributed by atoms with E-state index in [0.29, 0.717) is 30.2 Å². The summed E-state index contributed by atoms with van der Waals surface area (Å²) in [5.74, 6) is 0.153. The van der Waals surface area contributed by atoms with Crippen LogP contribution in [0, 0.1) is 6.92 Å². The quantitative estimate of drug-likeness (QED) is 0.725. The van der Waals surface area contributed by atoms with Crippen molar-refractivity contribution in [3.63, 3.8) is 0 Å². The van der Waals surface area contributed by atoms with Crippen molar-refractivity contribution in [3.8, 4) is 0 Å². The molecular weight excluding hydrogens is 364 g/mol. The highest BCUT2D eigenvalue weighted by molar-refractivity contribution is 7.92. The van der Waals surface area contributed by atoms with Gasteiger partial charge in [-0.25, -0.2) is 13.4 Å². The number of hydrogen-bond acceptors (Lipinski definition) is 4. The van der Waals surface area contributed by atoms with E-state index in [1.807, 2.05) is 31.2 Å². The summed E-state index contributed by atoms with van der Waals surface area (Å²) in [4.78, 5) is 20.0. The maximum atomic E-state index is 12.7. The van der Waals surface area contributed by atoms with Gasteiger partial charge in [0.05, 0.1) is 22.5 Å². The lowest BCUT2D eigenvalue weighted by Crippen LogP contribution is -2.38. The Balaban J connectivity index is 1.62. The monoisotopic (exact) mass is 384 g/mol. The number of hydrogen-bond donors (Lipinski definition) is 2. The number of aromatic amines is 1. The van der Waals surface area contributed by atoms with Gasteiger partial charge in [-0.1, -0.05) is 18.2 Å². The highest BCUT2D eigenvalue weighted by Gasteiger charge is 2.27. The molecule has 140 valence electrons. The first-order valence-corrected chi connectivity index (χ1v) is 10.4. The number of benzene rings is 2. The van der Waals surface area contributed by atoms with Crippen molar-refractivity contribution >= 4 is 38.6 Å². The molecule has 0 atom stereocenters. The van der Waals surface area contributed by atoms with E-state index in [1.165, 1.54) is 4.31 Å². The maximum absolute atomic E-state index is 12.7. The minimum Gasteiger partial charge on any atom is -0.324 e. The number of anilines is 2. The van der Waals surface area contributed by atoms with Crippen molar-refractivity contribution < 1.29 is 13.2 Å². The Bertz CT molecular complexity index is 1090. The number of aryl methyl sites for hydroxylation is 1. The third kappa shape index (κ3) is 3.40. The van der Waals surface area contributed by atoms with Gasteiger partial charge < -0.3 is 4.98 Å².